The monoisotopic (exact) mass is 676 g/mol. The van der Waals surface area contributed by atoms with Crippen molar-refractivity contribution >= 4 is 10.8 Å². The molecular formula is C51H50N+. The van der Waals surface area contributed by atoms with Gasteiger partial charge in [-0.1, -0.05) is 124 Å². The van der Waals surface area contributed by atoms with Crippen LogP contribution in [0, 0.1) is 0 Å². The number of benzene rings is 6. The quantitative estimate of drug-likeness (QED) is 0.134. The van der Waals surface area contributed by atoms with Gasteiger partial charge in [0.05, 0.1) is 11.0 Å². The van der Waals surface area contributed by atoms with Crippen LogP contribution in [-0.4, -0.2) is 0 Å². The zero-order chi connectivity index (χ0) is 35.9. The number of rotatable bonds is 9. The Morgan fingerprint density at radius 1 is 0.500 bits per heavy atom. The minimum absolute atomic E-state index is 0.00456. The summed E-state index contributed by atoms with van der Waals surface area (Å²) >= 11 is 0. The van der Waals surface area contributed by atoms with Gasteiger partial charge in [-0.15, -0.1) is 0 Å². The van der Waals surface area contributed by atoms with E-state index in [9.17, 15) is 0 Å². The molecule has 7 aromatic rings. The maximum atomic E-state index is 2.55. The molecule has 0 amide bonds. The second-order valence-corrected chi connectivity index (χ2v) is 15.2. The van der Waals surface area contributed by atoms with E-state index in [1.54, 1.807) is 0 Å². The summed E-state index contributed by atoms with van der Waals surface area (Å²) in [6.45, 7) is 11.9. The molecule has 0 saturated carbocycles. The van der Waals surface area contributed by atoms with Crippen LogP contribution in [0.25, 0.3) is 66.5 Å². The fraction of sp³-hybridized carbons (Fsp3) is 0.235. The Morgan fingerprint density at radius 3 is 1.90 bits per heavy atom. The molecule has 1 aliphatic heterocycles. The summed E-state index contributed by atoms with van der Waals surface area (Å²) in [5, 5.41) is 2.54. The molecule has 0 fully saturated rings. The molecule has 0 bridgehead atoms. The van der Waals surface area contributed by atoms with E-state index in [4.69, 9.17) is 0 Å². The Morgan fingerprint density at radius 2 is 1.13 bits per heavy atom. The van der Waals surface area contributed by atoms with Gasteiger partial charge in [0.15, 0.2) is 11.7 Å². The van der Waals surface area contributed by atoms with E-state index in [1.165, 1.54) is 90.5 Å². The van der Waals surface area contributed by atoms with Gasteiger partial charge in [-0.25, -0.2) is 0 Å². The first-order valence-electron chi connectivity index (χ1n) is 19.4. The molecule has 6 aromatic carbocycles. The molecule has 2 atom stereocenters. The van der Waals surface area contributed by atoms with Crippen LogP contribution in [0.15, 0.2) is 152 Å². The molecule has 0 radical (unpaired) electrons. The number of aromatic nitrogens is 1. The highest BCUT2D eigenvalue weighted by Gasteiger charge is 2.56. The summed E-state index contributed by atoms with van der Waals surface area (Å²) in [7, 11) is 0. The smallest absolute Gasteiger partial charge is 0.192 e. The van der Waals surface area contributed by atoms with Crippen LogP contribution >= 0.6 is 0 Å². The van der Waals surface area contributed by atoms with Crippen molar-refractivity contribution in [2.24, 2.45) is 0 Å². The van der Waals surface area contributed by atoms with Crippen molar-refractivity contribution in [3.05, 3.63) is 163 Å². The van der Waals surface area contributed by atoms with E-state index >= 15 is 0 Å². The molecule has 1 nitrogen and oxygen atoms in total. The fourth-order valence-corrected chi connectivity index (χ4v) is 8.91. The number of aryl methyl sites for hydroxylation is 1. The van der Waals surface area contributed by atoms with Crippen LogP contribution in [-0.2, 0) is 17.4 Å². The highest BCUT2D eigenvalue weighted by atomic mass is 15.1. The van der Waals surface area contributed by atoms with Gasteiger partial charge >= 0.3 is 0 Å². The van der Waals surface area contributed by atoms with Crippen LogP contribution in [0.4, 0.5) is 0 Å². The van der Waals surface area contributed by atoms with E-state index in [0.29, 0.717) is 0 Å². The van der Waals surface area contributed by atoms with E-state index in [-0.39, 0.29) is 11.0 Å². The Bertz CT molecular complexity index is 2390. The SMILES string of the molecule is CCCCc1ccc(-c2cc(-c3cccc(-c4ccc5c(c4)-c4cccc[n+]4C(C)(CC)C5(C)CC)c3)cc(-c3cccc4ccccc34)c2)cc1. The number of hydrogen-bond donors (Lipinski definition) is 0. The highest BCUT2D eigenvalue weighted by Crippen LogP contribution is 2.50. The van der Waals surface area contributed by atoms with E-state index in [2.05, 4.69) is 191 Å². The molecule has 1 aliphatic rings. The van der Waals surface area contributed by atoms with Gasteiger partial charge in [0.25, 0.3) is 0 Å². The second kappa shape index (κ2) is 13.7. The van der Waals surface area contributed by atoms with E-state index in [1.807, 2.05) is 0 Å². The minimum atomic E-state index is -0.00456. The van der Waals surface area contributed by atoms with Gasteiger partial charge in [-0.2, -0.15) is 4.57 Å². The molecule has 0 spiro atoms. The normalized spacial score (nSPS) is 17.9. The van der Waals surface area contributed by atoms with Crippen LogP contribution < -0.4 is 4.57 Å². The van der Waals surface area contributed by atoms with Gasteiger partial charge in [0, 0.05) is 25.5 Å². The molecule has 8 rings (SSSR count). The van der Waals surface area contributed by atoms with Crippen LogP contribution in [0.3, 0.4) is 0 Å². The van der Waals surface area contributed by atoms with Crippen molar-refractivity contribution < 1.29 is 4.57 Å². The predicted octanol–water partition coefficient (Wildman–Crippen LogP) is 13.6. The largest absolute Gasteiger partial charge is 0.213 e. The first-order chi connectivity index (χ1) is 25.4. The Kier molecular flexibility index (Phi) is 8.92. The number of pyridine rings is 1. The van der Waals surface area contributed by atoms with Crippen molar-refractivity contribution in [3.63, 3.8) is 0 Å². The zero-order valence-electron chi connectivity index (χ0n) is 31.4. The zero-order valence-corrected chi connectivity index (χ0v) is 31.4. The van der Waals surface area contributed by atoms with Crippen molar-refractivity contribution in [3.8, 4) is 55.8 Å². The molecule has 0 N–H and O–H groups in total. The fourth-order valence-electron chi connectivity index (χ4n) is 8.91. The molecule has 52 heavy (non-hydrogen) atoms. The first kappa shape index (κ1) is 33.9. The molecule has 2 unspecified atom stereocenters. The van der Waals surface area contributed by atoms with Crippen molar-refractivity contribution in [1.29, 1.82) is 0 Å². The average Bonchev–Trinajstić information content (AvgIpc) is 3.21. The second-order valence-electron chi connectivity index (χ2n) is 15.2. The lowest BCUT2D eigenvalue weighted by Crippen LogP contribution is -2.67. The van der Waals surface area contributed by atoms with Crippen molar-refractivity contribution in [1.82, 2.24) is 0 Å². The van der Waals surface area contributed by atoms with Crippen molar-refractivity contribution in [2.75, 3.05) is 0 Å². The lowest BCUT2D eigenvalue weighted by atomic mass is 9.60. The summed E-state index contributed by atoms with van der Waals surface area (Å²) in [5.41, 5.74) is 15.5. The van der Waals surface area contributed by atoms with Gasteiger partial charge < -0.3 is 0 Å². The average molecular weight is 677 g/mol. The number of unbranched alkanes of at least 4 members (excludes halogenated alkanes) is 1. The van der Waals surface area contributed by atoms with Crippen LogP contribution in [0.1, 0.15) is 71.4 Å². The lowest BCUT2D eigenvalue weighted by molar-refractivity contribution is -0.765. The Hall–Kier alpha value is -5.27. The lowest BCUT2D eigenvalue weighted by Gasteiger charge is -2.46. The van der Waals surface area contributed by atoms with Gasteiger partial charge in [-0.3, -0.25) is 0 Å². The molecule has 0 aliphatic carbocycles. The van der Waals surface area contributed by atoms with E-state index in [0.717, 1.165) is 19.3 Å². The topological polar surface area (TPSA) is 3.88 Å². The third-order valence-electron chi connectivity index (χ3n) is 12.5. The maximum Gasteiger partial charge on any atom is 0.213 e. The highest BCUT2D eigenvalue weighted by molar-refractivity contribution is 5.98. The van der Waals surface area contributed by atoms with Gasteiger partial charge in [0.2, 0.25) is 5.69 Å². The molecule has 2 heterocycles. The predicted molar refractivity (Wildman–Crippen MR) is 222 cm³/mol. The first-order valence-corrected chi connectivity index (χ1v) is 19.4. The minimum Gasteiger partial charge on any atom is -0.192 e. The Labute approximate surface area is 310 Å². The van der Waals surface area contributed by atoms with Crippen LogP contribution in [0.5, 0.6) is 0 Å². The summed E-state index contributed by atoms with van der Waals surface area (Å²) < 4.78 is 2.55. The maximum absolute atomic E-state index is 2.55. The van der Waals surface area contributed by atoms with E-state index < -0.39 is 0 Å². The number of nitrogens with zero attached hydrogens (tertiary/aromatic N) is 1. The summed E-state index contributed by atoms with van der Waals surface area (Å²) in [6.07, 6.45) is 8.02. The molecule has 0 saturated heterocycles. The number of fused-ring (bicyclic) bond motifs is 4. The summed E-state index contributed by atoms with van der Waals surface area (Å²) in [4.78, 5) is 0. The molecule has 1 aromatic heterocycles. The summed E-state index contributed by atoms with van der Waals surface area (Å²) in [6, 6.07) is 54.9. The third-order valence-corrected chi connectivity index (χ3v) is 12.5. The number of hydrogen-bond acceptors (Lipinski definition) is 0. The standard InChI is InChI=1S/C51H50N/c1-6-9-16-36-24-26-37(27-25-36)42-32-43(34-44(33-42)46-22-15-18-38-17-10-11-21-45(38)46)40-20-14-19-39(31-40)41-28-29-48-47(35-41)49-23-12-13-30-52(49)51(5,8-3)50(48,4)7-2/h10-15,17-35H,6-9,16H2,1-5H3/q+1. The van der Waals surface area contributed by atoms with Crippen LogP contribution in [0.2, 0.25) is 0 Å². The Balaban J connectivity index is 1.26. The summed E-state index contributed by atoms with van der Waals surface area (Å²) in [5.74, 6) is 0. The van der Waals surface area contributed by atoms with Crippen molar-refractivity contribution in [2.45, 2.75) is 77.7 Å². The molecular weight excluding hydrogens is 627 g/mol. The van der Waals surface area contributed by atoms with Gasteiger partial charge in [-0.05, 0) is 129 Å². The van der Waals surface area contributed by atoms with Gasteiger partial charge in [0.1, 0.15) is 0 Å². The molecule has 258 valence electrons. The third kappa shape index (κ3) is 5.68. The molecule has 1 heteroatoms.